The molecule has 0 saturated heterocycles. The Hall–Kier alpha value is -1.10. The smallest absolute Gasteiger partial charge is 0.219 e. The van der Waals surface area contributed by atoms with Crippen LogP contribution in [0.25, 0.3) is 0 Å². The van der Waals surface area contributed by atoms with E-state index in [1.807, 2.05) is 0 Å². The van der Waals surface area contributed by atoms with E-state index in [1.54, 1.807) is 13.8 Å². The number of hydrogen-bond donors (Lipinski definition) is 2. The molecule has 0 aromatic rings. The predicted octanol–water partition coefficient (Wildman–Crippen LogP) is 0.0554. The molecular formula is C10H20N2O3. The lowest BCUT2D eigenvalue weighted by molar-refractivity contribution is -0.121. The molecule has 5 nitrogen and oxygen atoms in total. The van der Waals surface area contributed by atoms with Crippen LogP contribution in [0, 0.1) is 0 Å². The van der Waals surface area contributed by atoms with Gasteiger partial charge in [-0.2, -0.15) is 0 Å². The van der Waals surface area contributed by atoms with Crippen molar-refractivity contribution in [2.45, 2.75) is 26.7 Å². The molecule has 0 aromatic heterocycles. The van der Waals surface area contributed by atoms with Gasteiger partial charge in [0, 0.05) is 25.9 Å². The maximum atomic E-state index is 10.8. The van der Waals surface area contributed by atoms with Crippen LogP contribution in [0.15, 0.2) is 0 Å². The highest BCUT2D eigenvalue weighted by molar-refractivity contribution is 5.75. The Labute approximate surface area is 90.6 Å². The van der Waals surface area contributed by atoms with Crippen LogP contribution >= 0.6 is 0 Å². The fourth-order valence-electron chi connectivity index (χ4n) is 0.877. The van der Waals surface area contributed by atoms with Crippen molar-refractivity contribution in [2.24, 2.45) is 0 Å². The van der Waals surface area contributed by atoms with Gasteiger partial charge in [-0.3, -0.25) is 9.59 Å². The minimum absolute atomic E-state index is 0.0258. The molecule has 0 spiro atoms. The Morgan fingerprint density at radius 1 is 0.933 bits per heavy atom. The normalized spacial score (nSPS) is 9.73. The molecule has 0 aliphatic rings. The van der Waals surface area contributed by atoms with Crippen LogP contribution in [0.3, 0.4) is 0 Å². The van der Waals surface area contributed by atoms with Crippen molar-refractivity contribution < 1.29 is 14.3 Å². The first kappa shape index (κ1) is 13.9. The molecule has 15 heavy (non-hydrogen) atoms. The summed E-state index contributed by atoms with van der Waals surface area (Å²) < 4.78 is 5.19. The van der Waals surface area contributed by atoms with E-state index in [2.05, 4.69) is 10.6 Å². The lowest BCUT2D eigenvalue weighted by Crippen LogP contribution is -2.29. The second-order valence-corrected chi connectivity index (χ2v) is 3.02. The number of rotatable bonds is 8. The van der Waals surface area contributed by atoms with Crippen molar-refractivity contribution in [1.82, 2.24) is 10.6 Å². The van der Waals surface area contributed by atoms with Gasteiger partial charge in [-0.25, -0.2) is 0 Å². The zero-order chi connectivity index (χ0) is 11.5. The number of ether oxygens (including phenoxy) is 1. The van der Waals surface area contributed by atoms with Crippen LogP contribution in [0.1, 0.15) is 26.7 Å². The molecule has 0 unspecified atom stereocenters. The third-order valence-corrected chi connectivity index (χ3v) is 1.78. The Morgan fingerprint density at radius 2 is 1.33 bits per heavy atom. The third kappa shape index (κ3) is 9.21. The van der Waals surface area contributed by atoms with E-state index in [1.165, 1.54) is 0 Å². The van der Waals surface area contributed by atoms with Crippen molar-refractivity contribution in [2.75, 3.05) is 26.3 Å². The fraction of sp³-hybridized carbons (Fsp3) is 0.800. The van der Waals surface area contributed by atoms with Crippen molar-refractivity contribution >= 4 is 11.8 Å². The van der Waals surface area contributed by atoms with Crippen molar-refractivity contribution in [3.63, 3.8) is 0 Å². The van der Waals surface area contributed by atoms with Crippen LogP contribution in [0.4, 0.5) is 0 Å². The Morgan fingerprint density at radius 3 is 1.67 bits per heavy atom. The molecule has 0 radical (unpaired) electrons. The van der Waals surface area contributed by atoms with E-state index in [0.29, 0.717) is 39.1 Å². The van der Waals surface area contributed by atoms with Crippen LogP contribution in [0.2, 0.25) is 0 Å². The summed E-state index contributed by atoms with van der Waals surface area (Å²) in [5, 5.41) is 5.38. The van der Waals surface area contributed by atoms with Crippen molar-refractivity contribution in [3.8, 4) is 0 Å². The van der Waals surface area contributed by atoms with E-state index in [0.717, 1.165) is 0 Å². The highest BCUT2D eigenvalue weighted by Gasteiger charge is 1.96. The SMILES string of the molecule is CCC(=O)NCCOCCNC(=O)CC. The summed E-state index contributed by atoms with van der Waals surface area (Å²) in [6.07, 6.45) is 0.985. The molecule has 2 N–H and O–H groups in total. The van der Waals surface area contributed by atoms with Crippen LogP contribution in [-0.4, -0.2) is 38.1 Å². The summed E-state index contributed by atoms with van der Waals surface area (Å²) in [6, 6.07) is 0. The zero-order valence-electron chi connectivity index (χ0n) is 9.47. The summed E-state index contributed by atoms with van der Waals surface area (Å²) >= 11 is 0. The molecule has 0 saturated carbocycles. The van der Waals surface area contributed by atoms with E-state index in [-0.39, 0.29) is 11.8 Å². The zero-order valence-corrected chi connectivity index (χ0v) is 9.47. The number of hydrogen-bond acceptors (Lipinski definition) is 3. The largest absolute Gasteiger partial charge is 0.378 e. The minimum atomic E-state index is 0.0258. The topological polar surface area (TPSA) is 67.4 Å². The Bertz CT molecular complexity index is 175. The number of carbonyl (C=O) groups is 2. The molecule has 88 valence electrons. The highest BCUT2D eigenvalue weighted by atomic mass is 16.5. The molecule has 0 fully saturated rings. The average molecular weight is 216 g/mol. The van der Waals surface area contributed by atoms with Gasteiger partial charge in [-0.1, -0.05) is 13.8 Å². The van der Waals surface area contributed by atoms with Gasteiger partial charge in [0.1, 0.15) is 0 Å². The van der Waals surface area contributed by atoms with Gasteiger partial charge in [0.15, 0.2) is 0 Å². The Kier molecular flexibility index (Phi) is 8.76. The quantitative estimate of drug-likeness (QED) is 0.564. The third-order valence-electron chi connectivity index (χ3n) is 1.78. The van der Waals surface area contributed by atoms with E-state index in [4.69, 9.17) is 4.74 Å². The Balaban J connectivity index is 3.11. The minimum Gasteiger partial charge on any atom is -0.378 e. The van der Waals surface area contributed by atoms with Crippen molar-refractivity contribution in [1.29, 1.82) is 0 Å². The standard InChI is InChI=1S/C10H20N2O3/c1-3-9(13)11-5-7-15-8-6-12-10(14)4-2/h3-8H2,1-2H3,(H,11,13)(H,12,14). The van der Waals surface area contributed by atoms with E-state index < -0.39 is 0 Å². The molecule has 2 amide bonds. The summed E-state index contributed by atoms with van der Waals surface area (Å²) in [4.78, 5) is 21.6. The van der Waals surface area contributed by atoms with Gasteiger partial charge in [0.25, 0.3) is 0 Å². The molecule has 0 heterocycles. The second-order valence-electron chi connectivity index (χ2n) is 3.02. The molecular weight excluding hydrogens is 196 g/mol. The fourth-order valence-corrected chi connectivity index (χ4v) is 0.877. The lowest BCUT2D eigenvalue weighted by Gasteiger charge is -2.06. The summed E-state index contributed by atoms with van der Waals surface area (Å²) in [5.41, 5.74) is 0. The first-order valence-electron chi connectivity index (χ1n) is 5.31. The van der Waals surface area contributed by atoms with Gasteiger partial charge in [0.2, 0.25) is 11.8 Å². The molecule has 0 aliphatic carbocycles. The number of carbonyl (C=O) groups excluding carboxylic acids is 2. The van der Waals surface area contributed by atoms with Gasteiger partial charge in [-0.05, 0) is 0 Å². The molecule has 0 aliphatic heterocycles. The molecule has 0 atom stereocenters. The predicted molar refractivity (Wildman–Crippen MR) is 57.4 cm³/mol. The van der Waals surface area contributed by atoms with Gasteiger partial charge >= 0.3 is 0 Å². The van der Waals surface area contributed by atoms with Crippen LogP contribution in [-0.2, 0) is 14.3 Å². The number of amides is 2. The number of nitrogens with one attached hydrogen (secondary N) is 2. The highest BCUT2D eigenvalue weighted by Crippen LogP contribution is 1.78. The monoisotopic (exact) mass is 216 g/mol. The summed E-state index contributed by atoms with van der Waals surface area (Å²) in [7, 11) is 0. The lowest BCUT2D eigenvalue weighted by atomic mass is 10.4. The maximum Gasteiger partial charge on any atom is 0.219 e. The van der Waals surface area contributed by atoms with E-state index >= 15 is 0 Å². The van der Waals surface area contributed by atoms with Gasteiger partial charge < -0.3 is 15.4 Å². The maximum absolute atomic E-state index is 10.8. The first-order chi connectivity index (χ1) is 7.20. The van der Waals surface area contributed by atoms with Gasteiger partial charge in [0.05, 0.1) is 13.2 Å². The summed E-state index contributed by atoms with van der Waals surface area (Å²) in [6.45, 7) is 5.61. The molecule has 5 heteroatoms. The van der Waals surface area contributed by atoms with Crippen LogP contribution in [0.5, 0.6) is 0 Å². The van der Waals surface area contributed by atoms with E-state index in [9.17, 15) is 9.59 Å². The average Bonchev–Trinajstić information content (AvgIpc) is 2.26. The molecule has 0 aromatic carbocycles. The van der Waals surface area contributed by atoms with Crippen LogP contribution < -0.4 is 10.6 Å². The second kappa shape index (κ2) is 9.45. The first-order valence-corrected chi connectivity index (χ1v) is 5.31. The molecule has 0 bridgehead atoms. The molecule has 0 rings (SSSR count). The van der Waals surface area contributed by atoms with Crippen molar-refractivity contribution in [3.05, 3.63) is 0 Å². The summed E-state index contributed by atoms with van der Waals surface area (Å²) in [5.74, 6) is 0.0516. The van der Waals surface area contributed by atoms with Gasteiger partial charge in [-0.15, -0.1) is 0 Å².